The van der Waals surface area contributed by atoms with Gasteiger partial charge >= 0.3 is 7.12 Å². The molecular weight excluding hydrogens is 469 g/mol. The predicted octanol–water partition coefficient (Wildman–Crippen LogP) is 4.18. The van der Waals surface area contributed by atoms with Crippen LogP contribution in [-0.2, 0) is 20.9 Å². The maximum absolute atomic E-state index is 13.1. The van der Waals surface area contributed by atoms with Gasteiger partial charge in [-0.05, 0) is 72.3 Å². The van der Waals surface area contributed by atoms with Gasteiger partial charge in [-0.1, -0.05) is 49.8 Å². The maximum atomic E-state index is 13.1. The zero-order valence-corrected chi connectivity index (χ0v) is 21.6. The Kier molecular flexibility index (Phi) is 7.25. The molecule has 2 N–H and O–H groups in total. The number of benzene rings is 1. The zero-order chi connectivity index (χ0) is 26.3. The molecule has 7 nitrogen and oxygen atoms in total. The van der Waals surface area contributed by atoms with Crippen molar-refractivity contribution in [3.05, 3.63) is 70.7 Å². The predicted molar refractivity (Wildman–Crippen MR) is 141 cm³/mol. The quantitative estimate of drug-likeness (QED) is 0.334. The Morgan fingerprint density at radius 1 is 1.14 bits per heavy atom. The van der Waals surface area contributed by atoms with Gasteiger partial charge in [-0.15, -0.1) is 0 Å². The summed E-state index contributed by atoms with van der Waals surface area (Å²) in [4.78, 5) is 27.3. The molecule has 2 amide bonds. The second-order valence-electron chi connectivity index (χ2n) is 10.7. The Hall–Kier alpha value is -2.94. The van der Waals surface area contributed by atoms with Crippen LogP contribution in [0.5, 0.6) is 0 Å². The first kappa shape index (κ1) is 25.7. The summed E-state index contributed by atoms with van der Waals surface area (Å²) in [6.45, 7) is 4.09. The number of aliphatic hydroxyl groups excluding tert-OH is 1. The molecule has 194 valence electrons. The normalized spacial score (nSPS) is 26.3. The molecule has 2 aromatic rings. The minimum absolute atomic E-state index is 0.111. The molecule has 0 radical (unpaired) electrons. The minimum Gasteiger partial charge on any atom is -0.459 e. The van der Waals surface area contributed by atoms with Crippen molar-refractivity contribution in [2.45, 2.75) is 52.1 Å². The lowest BCUT2D eigenvalue weighted by Crippen LogP contribution is -2.46. The number of hydrogen-bond acceptors (Lipinski definition) is 6. The summed E-state index contributed by atoms with van der Waals surface area (Å²) < 4.78 is 11.9. The van der Waals surface area contributed by atoms with Gasteiger partial charge < -0.3 is 19.2 Å². The van der Waals surface area contributed by atoms with Gasteiger partial charge in [0.2, 0.25) is 11.8 Å². The molecule has 0 unspecified atom stereocenters. The van der Waals surface area contributed by atoms with Crippen molar-refractivity contribution in [1.82, 2.24) is 4.90 Å². The molecule has 3 heterocycles. The SMILES string of the molecule is CC(C)C1=C2[C@@H](CC/C(=C/c3ccc(CO)o3)c3ccccc3)OB(O)C[C@@H]2[C@@H]2C(=O)N(C)C(=O)[C@@H]2C1. The van der Waals surface area contributed by atoms with Crippen LogP contribution >= 0.6 is 0 Å². The lowest BCUT2D eigenvalue weighted by atomic mass is 9.57. The number of furan rings is 1. The van der Waals surface area contributed by atoms with Crippen LogP contribution in [-0.4, -0.2) is 47.1 Å². The molecular formula is C29H34BNO6. The largest absolute Gasteiger partial charge is 0.459 e. The molecule has 1 aromatic carbocycles. The first-order valence-corrected chi connectivity index (χ1v) is 13.1. The van der Waals surface area contributed by atoms with E-state index in [4.69, 9.17) is 9.07 Å². The van der Waals surface area contributed by atoms with Gasteiger partial charge in [0.1, 0.15) is 18.1 Å². The molecule has 3 aliphatic rings. The average Bonchev–Trinajstić information content (AvgIpc) is 3.44. The Labute approximate surface area is 217 Å². The number of fused-ring (bicyclic) bond motifs is 3. The summed E-state index contributed by atoms with van der Waals surface area (Å²) >= 11 is 0. The van der Waals surface area contributed by atoms with Gasteiger partial charge in [0.15, 0.2) is 0 Å². The van der Waals surface area contributed by atoms with E-state index in [9.17, 15) is 19.7 Å². The second kappa shape index (κ2) is 10.4. The van der Waals surface area contributed by atoms with E-state index < -0.39 is 13.0 Å². The third-order valence-electron chi connectivity index (χ3n) is 8.14. The average molecular weight is 503 g/mol. The van der Waals surface area contributed by atoms with Gasteiger partial charge in [-0.3, -0.25) is 14.5 Å². The number of imide groups is 1. The van der Waals surface area contributed by atoms with Crippen molar-refractivity contribution in [1.29, 1.82) is 0 Å². The van der Waals surface area contributed by atoms with Crippen molar-refractivity contribution in [3.63, 3.8) is 0 Å². The Bertz CT molecular complexity index is 1230. The second-order valence-corrected chi connectivity index (χ2v) is 10.7. The number of hydrogen-bond donors (Lipinski definition) is 2. The molecule has 2 saturated heterocycles. The van der Waals surface area contributed by atoms with E-state index in [-0.39, 0.29) is 42.3 Å². The third-order valence-corrected chi connectivity index (χ3v) is 8.14. The topological polar surface area (TPSA) is 100 Å². The van der Waals surface area contributed by atoms with Crippen molar-refractivity contribution in [3.8, 4) is 0 Å². The fourth-order valence-electron chi connectivity index (χ4n) is 6.37. The molecule has 0 spiro atoms. The molecule has 0 saturated carbocycles. The van der Waals surface area contributed by atoms with Crippen LogP contribution in [0, 0.1) is 23.7 Å². The van der Waals surface area contributed by atoms with Gasteiger partial charge in [-0.25, -0.2) is 0 Å². The summed E-state index contributed by atoms with van der Waals surface area (Å²) in [5.41, 5.74) is 4.39. The zero-order valence-electron chi connectivity index (χ0n) is 21.6. The maximum Gasteiger partial charge on any atom is 0.455 e. The number of likely N-dealkylation sites (tertiary alicyclic amines) is 1. The molecule has 37 heavy (non-hydrogen) atoms. The highest BCUT2D eigenvalue weighted by Gasteiger charge is 2.56. The lowest BCUT2D eigenvalue weighted by molar-refractivity contribution is -0.138. The molecule has 1 aliphatic carbocycles. The Balaban J connectivity index is 1.48. The fourth-order valence-corrected chi connectivity index (χ4v) is 6.37. The summed E-state index contributed by atoms with van der Waals surface area (Å²) in [7, 11) is 0.583. The van der Waals surface area contributed by atoms with Crippen LogP contribution in [0.4, 0.5) is 0 Å². The number of allylic oxidation sites excluding steroid dienone is 2. The van der Waals surface area contributed by atoms with Gasteiger partial charge in [0, 0.05) is 7.05 Å². The number of rotatable bonds is 7. The van der Waals surface area contributed by atoms with Gasteiger partial charge in [0.05, 0.1) is 17.9 Å². The summed E-state index contributed by atoms with van der Waals surface area (Å²) in [6, 6.07) is 13.6. The van der Waals surface area contributed by atoms with Crippen molar-refractivity contribution >= 4 is 30.6 Å². The summed E-state index contributed by atoms with van der Waals surface area (Å²) in [5, 5.41) is 20.1. The van der Waals surface area contributed by atoms with Crippen molar-refractivity contribution in [2.75, 3.05) is 7.05 Å². The smallest absolute Gasteiger partial charge is 0.455 e. The van der Waals surface area contributed by atoms with Crippen LogP contribution < -0.4 is 0 Å². The highest BCUT2D eigenvalue weighted by Crippen LogP contribution is 2.51. The van der Waals surface area contributed by atoms with Crippen molar-refractivity contribution < 1.29 is 28.8 Å². The number of amides is 2. The highest BCUT2D eigenvalue weighted by molar-refractivity contribution is 6.43. The van der Waals surface area contributed by atoms with E-state index in [1.54, 1.807) is 13.1 Å². The van der Waals surface area contributed by atoms with Crippen LogP contribution in [0.3, 0.4) is 0 Å². The van der Waals surface area contributed by atoms with Gasteiger partial charge in [-0.2, -0.15) is 0 Å². The van der Waals surface area contributed by atoms with E-state index >= 15 is 0 Å². The molecule has 8 heteroatoms. The van der Waals surface area contributed by atoms with E-state index in [1.165, 1.54) is 10.5 Å². The first-order chi connectivity index (χ1) is 17.8. The molecule has 4 atom stereocenters. The first-order valence-electron chi connectivity index (χ1n) is 13.1. The Morgan fingerprint density at radius 2 is 1.89 bits per heavy atom. The standard InChI is InChI=1S/C29H34BNO6/c1-17(2)22-14-23-27(29(34)31(3)28(23)33)24-15-30(35)37-25(26(22)24)12-9-19(18-7-5-4-6-8-18)13-20-10-11-21(16-32)36-20/h4-8,10-11,13,17,23-25,27,32,35H,9,12,14-16H2,1-3H3/b19-13-/t23-,24+,25-,27-/m1/s1. The van der Waals surface area contributed by atoms with E-state index in [0.717, 1.165) is 16.7 Å². The van der Waals surface area contributed by atoms with Crippen LogP contribution in [0.1, 0.15) is 50.2 Å². The number of carbonyl (C=O) groups excluding carboxylic acids is 2. The number of carbonyl (C=O) groups is 2. The Morgan fingerprint density at radius 3 is 2.57 bits per heavy atom. The molecule has 0 bridgehead atoms. The highest BCUT2D eigenvalue weighted by atomic mass is 16.5. The van der Waals surface area contributed by atoms with E-state index in [0.29, 0.717) is 37.1 Å². The van der Waals surface area contributed by atoms with Crippen LogP contribution in [0.15, 0.2) is 58.0 Å². The number of aliphatic hydroxyl groups is 1. The van der Waals surface area contributed by atoms with Gasteiger partial charge in [0.25, 0.3) is 0 Å². The summed E-state index contributed by atoms with van der Waals surface area (Å²) in [5.74, 6) is 0.130. The summed E-state index contributed by atoms with van der Waals surface area (Å²) in [6.07, 6.45) is 3.79. The third kappa shape index (κ3) is 4.86. The molecule has 1 aromatic heterocycles. The van der Waals surface area contributed by atoms with Crippen LogP contribution in [0.2, 0.25) is 6.32 Å². The van der Waals surface area contributed by atoms with Crippen LogP contribution in [0.25, 0.3) is 11.6 Å². The monoisotopic (exact) mass is 503 g/mol. The lowest BCUT2D eigenvalue weighted by Gasteiger charge is -2.44. The van der Waals surface area contributed by atoms with Crippen molar-refractivity contribution in [2.24, 2.45) is 23.7 Å². The number of nitrogens with zero attached hydrogens (tertiary/aromatic N) is 1. The van der Waals surface area contributed by atoms with E-state index in [1.807, 2.05) is 42.5 Å². The van der Waals surface area contributed by atoms with E-state index in [2.05, 4.69) is 13.8 Å². The minimum atomic E-state index is -0.985. The molecule has 5 rings (SSSR count). The fraction of sp³-hybridized carbons (Fsp3) is 0.448. The molecule has 2 aliphatic heterocycles. The molecule has 2 fully saturated rings.